The summed E-state index contributed by atoms with van der Waals surface area (Å²) in [7, 11) is 0. The highest BCUT2D eigenvalue weighted by Gasteiger charge is 2.31. The molecule has 0 saturated carbocycles. The summed E-state index contributed by atoms with van der Waals surface area (Å²) in [6, 6.07) is 5.12. The van der Waals surface area contributed by atoms with Crippen LogP contribution in [0, 0.1) is 6.92 Å². The van der Waals surface area contributed by atoms with Crippen LogP contribution in [0.4, 0.5) is 10.9 Å². The number of hydrogen-bond donors (Lipinski definition) is 0. The van der Waals surface area contributed by atoms with Crippen LogP contribution in [0.15, 0.2) is 29.9 Å². The summed E-state index contributed by atoms with van der Waals surface area (Å²) in [6.45, 7) is 12.6. The van der Waals surface area contributed by atoms with E-state index in [0.29, 0.717) is 12.1 Å². The molecule has 120 valence electrons. The number of hydrogen-bond acceptors (Lipinski definition) is 5. The van der Waals surface area contributed by atoms with Gasteiger partial charge in [0.15, 0.2) is 5.13 Å². The molecule has 1 fully saturated rings. The molecule has 0 spiro atoms. The van der Waals surface area contributed by atoms with Crippen molar-refractivity contribution in [1.82, 2.24) is 9.97 Å². The molecule has 1 aliphatic heterocycles. The van der Waals surface area contributed by atoms with E-state index >= 15 is 0 Å². The highest BCUT2D eigenvalue weighted by Crippen LogP contribution is 2.28. The minimum absolute atomic E-state index is 0.438. The molecular formula is C17H26N4S. The van der Waals surface area contributed by atoms with Crippen LogP contribution in [0.3, 0.4) is 0 Å². The van der Waals surface area contributed by atoms with Gasteiger partial charge >= 0.3 is 0 Å². The summed E-state index contributed by atoms with van der Waals surface area (Å²) < 4.78 is 0. The Morgan fingerprint density at radius 3 is 2.27 bits per heavy atom. The van der Waals surface area contributed by atoms with Gasteiger partial charge in [0.1, 0.15) is 5.82 Å². The van der Waals surface area contributed by atoms with E-state index in [1.54, 1.807) is 11.3 Å². The number of aromatic nitrogens is 2. The molecule has 1 saturated heterocycles. The molecule has 3 rings (SSSR count). The fraction of sp³-hybridized carbons (Fsp3) is 0.529. The minimum Gasteiger partial charge on any atom is -0.353 e. The van der Waals surface area contributed by atoms with Gasteiger partial charge in [-0.1, -0.05) is 19.9 Å². The normalized spacial score (nSPS) is 21.3. The fourth-order valence-corrected chi connectivity index (χ4v) is 3.72. The third kappa shape index (κ3) is 3.58. The smallest absolute Gasteiger partial charge is 0.185 e. The molecule has 2 aromatic rings. The Labute approximate surface area is 137 Å². The maximum atomic E-state index is 4.55. The summed E-state index contributed by atoms with van der Waals surface area (Å²) >= 11 is 1.72. The Bertz CT molecular complexity index is 541. The summed E-state index contributed by atoms with van der Waals surface area (Å²) in [5.74, 6) is 1.08. The van der Waals surface area contributed by atoms with Gasteiger partial charge in [-0.05, 0) is 32.4 Å². The molecule has 1 aliphatic rings. The Hall–Kier alpha value is -1.62. The van der Waals surface area contributed by atoms with Crippen molar-refractivity contribution in [1.29, 1.82) is 0 Å². The highest BCUT2D eigenvalue weighted by molar-refractivity contribution is 7.13. The van der Waals surface area contributed by atoms with Crippen LogP contribution in [-0.4, -0.2) is 35.1 Å². The molecule has 0 aliphatic carbocycles. The summed E-state index contributed by atoms with van der Waals surface area (Å²) in [5, 5.41) is 3.17. The van der Waals surface area contributed by atoms with Crippen LogP contribution in [0.5, 0.6) is 0 Å². The number of nitrogens with zero attached hydrogens (tertiary/aromatic N) is 4. The summed E-state index contributed by atoms with van der Waals surface area (Å²) in [4.78, 5) is 13.8. The molecule has 2 unspecified atom stereocenters. The Morgan fingerprint density at radius 2 is 1.77 bits per heavy atom. The first-order valence-corrected chi connectivity index (χ1v) is 8.88. The van der Waals surface area contributed by atoms with E-state index in [1.165, 1.54) is 5.56 Å². The molecule has 4 nitrogen and oxygen atoms in total. The molecule has 0 bridgehead atoms. The van der Waals surface area contributed by atoms with E-state index in [2.05, 4.69) is 52.7 Å². The first kappa shape index (κ1) is 16.7. The topological polar surface area (TPSA) is 32.3 Å². The van der Waals surface area contributed by atoms with Crippen LogP contribution in [-0.2, 0) is 0 Å². The number of anilines is 2. The van der Waals surface area contributed by atoms with E-state index in [1.807, 2.05) is 31.6 Å². The third-order valence-corrected chi connectivity index (χ3v) is 4.56. The van der Waals surface area contributed by atoms with Crippen LogP contribution in [0.2, 0.25) is 0 Å². The second-order valence-electron chi connectivity index (χ2n) is 5.52. The number of pyridine rings is 1. The lowest BCUT2D eigenvalue weighted by atomic mass is 10.1. The number of rotatable bonds is 2. The van der Waals surface area contributed by atoms with E-state index in [4.69, 9.17) is 0 Å². The first-order chi connectivity index (χ1) is 10.6. The van der Waals surface area contributed by atoms with Gasteiger partial charge in [-0.15, -0.1) is 11.3 Å². The molecule has 0 radical (unpaired) electrons. The van der Waals surface area contributed by atoms with Crippen LogP contribution in [0.1, 0.15) is 33.3 Å². The lowest BCUT2D eigenvalue weighted by Crippen LogP contribution is -2.57. The van der Waals surface area contributed by atoms with Gasteiger partial charge in [0.05, 0.1) is 0 Å². The van der Waals surface area contributed by atoms with Crippen molar-refractivity contribution in [3.63, 3.8) is 0 Å². The lowest BCUT2D eigenvalue weighted by Gasteiger charge is -2.44. The highest BCUT2D eigenvalue weighted by atomic mass is 32.1. The predicted molar refractivity (Wildman–Crippen MR) is 96.1 cm³/mol. The molecule has 5 heteroatoms. The van der Waals surface area contributed by atoms with E-state index in [0.717, 1.165) is 24.0 Å². The van der Waals surface area contributed by atoms with E-state index in [9.17, 15) is 0 Å². The molecule has 0 aromatic carbocycles. The molecule has 0 N–H and O–H groups in total. The van der Waals surface area contributed by atoms with E-state index < -0.39 is 0 Å². The van der Waals surface area contributed by atoms with Gasteiger partial charge in [-0.25, -0.2) is 9.97 Å². The van der Waals surface area contributed by atoms with Gasteiger partial charge in [0.25, 0.3) is 0 Å². The van der Waals surface area contributed by atoms with Crippen molar-refractivity contribution in [3.05, 3.63) is 35.5 Å². The number of thiazole rings is 1. The zero-order chi connectivity index (χ0) is 16.1. The largest absolute Gasteiger partial charge is 0.353 e. The minimum atomic E-state index is 0.438. The number of aryl methyl sites for hydroxylation is 1. The van der Waals surface area contributed by atoms with Crippen LogP contribution >= 0.6 is 11.3 Å². The van der Waals surface area contributed by atoms with Crippen molar-refractivity contribution in [2.24, 2.45) is 0 Å². The first-order valence-electron chi connectivity index (χ1n) is 8.00. The monoisotopic (exact) mass is 318 g/mol. The Morgan fingerprint density at radius 1 is 1.09 bits per heavy atom. The van der Waals surface area contributed by atoms with Gasteiger partial charge in [-0.2, -0.15) is 0 Å². The van der Waals surface area contributed by atoms with Crippen LogP contribution < -0.4 is 9.80 Å². The quantitative estimate of drug-likeness (QED) is 0.838. The molecular weight excluding hydrogens is 292 g/mol. The molecule has 0 amide bonds. The standard InChI is InChI=1S/C15H20N4S.C2H6/c1-11-4-5-14(17-8-11)18-9-12(2)19(13(3)10-18)15-16-6-7-20-15;1-2/h4-8,12-13H,9-10H2,1-3H3;1-2H3. The van der Waals surface area contributed by atoms with Gasteiger partial charge < -0.3 is 9.80 Å². The van der Waals surface area contributed by atoms with Crippen molar-refractivity contribution >= 4 is 22.3 Å². The maximum absolute atomic E-state index is 4.55. The van der Waals surface area contributed by atoms with Crippen molar-refractivity contribution in [2.45, 2.75) is 46.7 Å². The predicted octanol–water partition coefficient (Wildman–Crippen LogP) is 3.98. The third-order valence-electron chi connectivity index (χ3n) is 3.78. The van der Waals surface area contributed by atoms with Crippen molar-refractivity contribution < 1.29 is 0 Å². The van der Waals surface area contributed by atoms with E-state index in [-0.39, 0.29) is 0 Å². The van der Waals surface area contributed by atoms with Gasteiger partial charge in [-0.3, -0.25) is 0 Å². The van der Waals surface area contributed by atoms with Crippen molar-refractivity contribution in [2.75, 3.05) is 22.9 Å². The fourth-order valence-electron chi connectivity index (χ4n) is 2.88. The molecule has 3 heterocycles. The molecule has 2 aromatic heterocycles. The average Bonchev–Trinajstić information content (AvgIpc) is 3.03. The number of piperazine rings is 1. The summed E-state index contributed by atoms with van der Waals surface area (Å²) in [5.41, 5.74) is 1.20. The van der Waals surface area contributed by atoms with Crippen LogP contribution in [0.25, 0.3) is 0 Å². The van der Waals surface area contributed by atoms with Crippen molar-refractivity contribution in [3.8, 4) is 0 Å². The Kier molecular flexibility index (Phi) is 5.77. The second kappa shape index (κ2) is 7.58. The van der Waals surface area contributed by atoms with Gasteiger partial charge in [0.2, 0.25) is 0 Å². The zero-order valence-corrected chi connectivity index (χ0v) is 15.0. The molecule has 2 atom stereocenters. The Balaban J connectivity index is 0.000000847. The molecule has 22 heavy (non-hydrogen) atoms. The van der Waals surface area contributed by atoms with Gasteiger partial charge in [0, 0.05) is 42.9 Å². The zero-order valence-electron chi connectivity index (χ0n) is 14.2. The maximum Gasteiger partial charge on any atom is 0.185 e. The second-order valence-corrected chi connectivity index (χ2v) is 6.39. The lowest BCUT2D eigenvalue weighted by molar-refractivity contribution is 0.472. The summed E-state index contributed by atoms with van der Waals surface area (Å²) in [6.07, 6.45) is 3.82. The SMILES string of the molecule is CC.Cc1ccc(N2CC(C)N(c3nccs3)C(C)C2)nc1. The average molecular weight is 318 g/mol.